The average Bonchev–Trinajstić information content (AvgIpc) is 1.95. The van der Waals surface area contributed by atoms with E-state index >= 15 is 0 Å². The summed E-state index contributed by atoms with van der Waals surface area (Å²) in [5, 5.41) is 12.1. The fraction of sp³-hybridized carbons (Fsp3) is 0.250. The zero-order chi connectivity index (χ0) is 7.56. The molecule has 0 amide bonds. The third kappa shape index (κ3) is 1.21. The molecule has 54 valence electrons. The fourth-order valence-corrected chi connectivity index (χ4v) is 0.811. The van der Waals surface area contributed by atoms with Gasteiger partial charge in [0.05, 0.1) is 0 Å². The second-order valence-electron chi connectivity index (χ2n) is 2.25. The first-order chi connectivity index (χ1) is 4.74. The second kappa shape index (κ2) is 2.60. The topological polar surface area (TPSA) is 32.3 Å². The Balaban J connectivity index is 3.04. The molecule has 1 rings (SSSR count). The summed E-state index contributed by atoms with van der Waals surface area (Å²) < 4.78 is 0. The number of phenolic OH excluding ortho intramolecular Hbond substituents is 1. The monoisotopic (exact) mass is 137 g/mol. The molecule has 1 aromatic carbocycles. The normalized spacial score (nSPS) is 9.40. The molecule has 0 heterocycles. The highest BCUT2D eigenvalue weighted by molar-refractivity contribution is 5.49. The van der Waals surface area contributed by atoms with Gasteiger partial charge in [-0.25, -0.2) is 0 Å². The van der Waals surface area contributed by atoms with Gasteiger partial charge in [-0.15, -0.1) is 0 Å². The Morgan fingerprint density at radius 2 is 2.10 bits per heavy atom. The minimum Gasteiger partial charge on any atom is -0.508 e. The van der Waals surface area contributed by atoms with Gasteiger partial charge in [0, 0.05) is 12.7 Å². The number of benzene rings is 1. The molecule has 0 saturated carbocycles. The Bertz CT molecular complexity index is 233. The molecule has 0 spiro atoms. The number of phenols is 1. The number of hydrogen-bond acceptors (Lipinski definition) is 2. The van der Waals surface area contributed by atoms with Crippen molar-refractivity contribution in [1.29, 1.82) is 0 Å². The average molecular weight is 137 g/mol. The van der Waals surface area contributed by atoms with Gasteiger partial charge in [0.1, 0.15) is 5.75 Å². The molecule has 0 atom stereocenters. The predicted octanol–water partition coefficient (Wildman–Crippen LogP) is 1.74. The van der Waals surface area contributed by atoms with E-state index in [4.69, 9.17) is 5.11 Å². The maximum absolute atomic E-state index is 9.11. The summed E-state index contributed by atoms with van der Waals surface area (Å²) in [5.74, 6) is 0.346. The molecule has 0 radical (unpaired) electrons. The highest BCUT2D eigenvalue weighted by Gasteiger charge is 1.94. The molecular formula is C8H11NO. The van der Waals surface area contributed by atoms with Crippen molar-refractivity contribution in [2.75, 3.05) is 12.4 Å². The van der Waals surface area contributed by atoms with Crippen molar-refractivity contribution in [3.63, 3.8) is 0 Å². The fourth-order valence-electron chi connectivity index (χ4n) is 0.811. The summed E-state index contributed by atoms with van der Waals surface area (Å²) in [6, 6.07) is 5.42. The van der Waals surface area contributed by atoms with E-state index in [-0.39, 0.29) is 0 Å². The van der Waals surface area contributed by atoms with Crippen LogP contribution in [0.2, 0.25) is 0 Å². The molecule has 0 aromatic heterocycles. The van der Waals surface area contributed by atoms with Gasteiger partial charge in [0.25, 0.3) is 0 Å². The van der Waals surface area contributed by atoms with Crippen LogP contribution in [0.1, 0.15) is 5.56 Å². The molecule has 1 aromatic rings. The lowest BCUT2D eigenvalue weighted by Crippen LogP contribution is -1.87. The van der Waals surface area contributed by atoms with Crippen LogP contribution < -0.4 is 5.32 Å². The highest BCUT2D eigenvalue weighted by Crippen LogP contribution is 2.19. The lowest BCUT2D eigenvalue weighted by atomic mass is 10.2. The largest absolute Gasteiger partial charge is 0.508 e. The molecule has 2 N–H and O–H groups in total. The van der Waals surface area contributed by atoms with Crippen LogP contribution in [0.15, 0.2) is 18.2 Å². The van der Waals surface area contributed by atoms with Gasteiger partial charge in [0.2, 0.25) is 0 Å². The van der Waals surface area contributed by atoms with E-state index in [0.717, 1.165) is 11.3 Å². The lowest BCUT2D eigenvalue weighted by Gasteiger charge is -2.01. The number of nitrogens with one attached hydrogen (secondary N) is 1. The van der Waals surface area contributed by atoms with E-state index in [1.54, 1.807) is 6.07 Å². The summed E-state index contributed by atoms with van der Waals surface area (Å²) in [6.45, 7) is 1.87. The number of rotatable bonds is 1. The molecule has 2 heteroatoms. The smallest absolute Gasteiger partial charge is 0.118 e. The zero-order valence-electron chi connectivity index (χ0n) is 6.18. The van der Waals surface area contributed by atoms with Gasteiger partial charge in [-0.05, 0) is 30.7 Å². The minimum atomic E-state index is 0.346. The van der Waals surface area contributed by atoms with Gasteiger partial charge < -0.3 is 10.4 Å². The van der Waals surface area contributed by atoms with Crippen LogP contribution in [-0.2, 0) is 0 Å². The van der Waals surface area contributed by atoms with Crippen molar-refractivity contribution in [3.8, 4) is 5.75 Å². The first-order valence-corrected chi connectivity index (χ1v) is 3.21. The number of hydrogen-bond donors (Lipinski definition) is 2. The van der Waals surface area contributed by atoms with Crippen molar-refractivity contribution in [2.24, 2.45) is 0 Å². The molecular weight excluding hydrogens is 126 g/mol. The molecule has 0 aliphatic carbocycles. The van der Waals surface area contributed by atoms with Crippen LogP contribution in [0.5, 0.6) is 5.75 Å². The summed E-state index contributed by atoms with van der Waals surface area (Å²) in [7, 11) is 1.85. The van der Waals surface area contributed by atoms with E-state index in [1.807, 2.05) is 26.1 Å². The van der Waals surface area contributed by atoms with Crippen molar-refractivity contribution in [2.45, 2.75) is 6.92 Å². The summed E-state index contributed by atoms with van der Waals surface area (Å²) in [4.78, 5) is 0. The zero-order valence-corrected chi connectivity index (χ0v) is 6.18. The van der Waals surface area contributed by atoms with Gasteiger partial charge in [-0.3, -0.25) is 0 Å². The van der Waals surface area contributed by atoms with Crippen LogP contribution in [0.3, 0.4) is 0 Å². The molecule has 0 aliphatic rings. The Labute approximate surface area is 60.5 Å². The van der Waals surface area contributed by atoms with Gasteiger partial charge >= 0.3 is 0 Å². The third-order valence-electron chi connectivity index (χ3n) is 1.49. The van der Waals surface area contributed by atoms with Crippen molar-refractivity contribution < 1.29 is 5.11 Å². The lowest BCUT2D eigenvalue weighted by molar-refractivity contribution is 0.471. The van der Waals surface area contributed by atoms with E-state index in [9.17, 15) is 0 Å². The Hall–Kier alpha value is -1.18. The van der Waals surface area contributed by atoms with Crippen LogP contribution in [0.4, 0.5) is 5.69 Å². The number of anilines is 1. The van der Waals surface area contributed by atoms with Crippen molar-refractivity contribution >= 4 is 5.69 Å². The minimum absolute atomic E-state index is 0.346. The number of aromatic hydroxyl groups is 1. The van der Waals surface area contributed by atoms with Crippen molar-refractivity contribution in [1.82, 2.24) is 0 Å². The van der Waals surface area contributed by atoms with Crippen LogP contribution in [0.25, 0.3) is 0 Å². The van der Waals surface area contributed by atoms with Gasteiger partial charge in [-0.2, -0.15) is 0 Å². The third-order valence-corrected chi connectivity index (χ3v) is 1.49. The predicted molar refractivity (Wildman–Crippen MR) is 42.4 cm³/mol. The maximum Gasteiger partial charge on any atom is 0.118 e. The van der Waals surface area contributed by atoms with Crippen LogP contribution in [-0.4, -0.2) is 12.2 Å². The first kappa shape index (κ1) is 6.93. The van der Waals surface area contributed by atoms with E-state index in [1.165, 1.54) is 0 Å². The SMILES string of the molecule is CNc1ccc(O)c(C)c1. The molecule has 0 unspecified atom stereocenters. The summed E-state index contributed by atoms with van der Waals surface area (Å²) >= 11 is 0. The Morgan fingerprint density at radius 1 is 1.40 bits per heavy atom. The van der Waals surface area contributed by atoms with Gasteiger partial charge in [0.15, 0.2) is 0 Å². The van der Waals surface area contributed by atoms with Crippen LogP contribution >= 0.6 is 0 Å². The van der Waals surface area contributed by atoms with E-state index in [2.05, 4.69) is 5.32 Å². The Morgan fingerprint density at radius 3 is 2.60 bits per heavy atom. The second-order valence-corrected chi connectivity index (χ2v) is 2.25. The van der Waals surface area contributed by atoms with Gasteiger partial charge in [-0.1, -0.05) is 0 Å². The highest BCUT2D eigenvalue weighted by atomic mass is 16.3. The molecule has 10 heavy (non-hydrogen) atoms. The standard InChI is InChI=1S/C8H11NO/c1-6-5-7(9-2)3-4-8(6)10/h3-5,9-10H,1-2H3. The molecule has 0 aliphatic heterocycles. The molecule has 0 bridgehead atoms. The molecule has 0 saturated heterocycles. The Kier molecular flexibility index (Phi) is 1.81. The number of aryl methyl sites for hydroxylation is 1. The van der Waals surface area contributed by atoms with Crippen molar-refractivity contribution in [3.05, 3.63) is 23.8 Å². The quantitative estimate of drug-likeness (QED) is 0.578. The summed E-state index contributed by atoms with van der Waals surface area (Å²) in [5.41, 5.74) is 1.92. The summed E-state index contributed by atoms with van der Waals surface area (Å²) in [6.07, 6.45) is 0. The van der Waals surface area contributed by atoms with Crippen LogP contribution in [0, 0.1) is 6.92 Å². The molecule has 2 nitrogen and oxygen atoms in total. The first-order valence-electron chi connectivity index (χ1n) is 3.21. The van der Waals surface area contributed by atoms with E-state index < -0.39 is 0 Å². The van der Waals surface area contributed by atoms with E-state index in [0.29, 0.717) is 5.75 Å². The maximum atomic E-state index is 9.11. The molecule has 0 fully saturated rings.